The van der Waals surface area contributed by atoms with E-state index in [1.807, 2.05) is 6.07 Å². The highest BCUT2D eigenvalue weighted by Crippen LogP contribution is 2.45. The molecule has 3 amide bonds. The van der Waals surface area contributed by atoms with Crippen molar-refractivity contribution in [2.75, 3.05) is 6.61 Å². The molecule has 3 aromatic carbocycles. The molecule has 0 aliphatic heterocycles. The van der Waals surface area contributed by atoms with Crippen LogP contribution in [0, 0.1) is 0 Å². The average molecular weight is 525 g/mol. The first-order valence-electron chi connectivity index (χ1n) is 11.5. The van der Waals surface area contributed by atoms with E-state index in [0.717, 1.165) is 5.56 Å². The third kappa shape index (κ3) is 7.29. The standard InChI is InChI=1S/C27H28NO8P/c1-27(2,3)35-26(31)28(24(29)22-15-9-5-10-16-22,25(30)23-17-11-6-12-18-23)36-37(32,33)34-20-19-21-13-7-4-8-14-21/h4-18H,19-20H2,1-3H3. The molecule has 0 heterocycles. The quantitative estimate of drug-likeness (QED) is 0.173. The van der Waals surface area contributed by atoms with Gasteiger partial charge in [0.25, 0.3) is 0 Å². The van der Waals surface area contributed by atoms with Gasteiger partial charge in [-0.1, -0.05) is 66.7 Å². The third-order valence-electron chi connectivity index (χ3n) is 4.97. The molecule has 9 nitrogen and oxygen atoms in total. The number of imide groups is 3. The Morgan fingerprint density at radius 2 is 1.22 bits per heavy atom. The van der Waals surface area contributed by atoms with Gasteiger partial charge in [0.15, 0.2) is 0 Å². The van der Waals surface area contributed by atoms with Crippen LogP contribution in [0.2, 0.25) is 0 Å². The highest BCUT2D eigenvalue weighted by Gasteiger charge is 2.61. The normalized spacial score (nSPS) is 13.4. The van der Waals surface area contributed by atoms with Gasteiger partial charge in [-0.2, -0.15) is 4.79 Å². The van der Waals surface area contributed by atoms with Crippen molar-refractivity contribution in [2.24, 2.45) is 0 Å². The summed E-state index contributed by atoms with van der Waals surface area (Å²) in [5.41, 5.74) is -0.709. The van der Waals surface area contributed by atoms with Crippen LogP contribution in [0.25, 0.3) is 0 Å². The van der Waals surface area contributed by atoms with Gasteiger partial charge in [-0.05, 0) is 57.0 Å². The molecule has 0 aromatic heterocycles. The maximum absolute atomic E-state index is 13.8. The summed E-state index contributed by atoms with van der Waals surface area (Å²) < 4.78 is 26.3. The second kappa shape index (κ2) is 11.7. The smallest absolute Gasteiger partial charge is 0.567 e. The molecular weight excluding hydrogens is 497 g/mol. The molecule has 0 saturated carbocycles. The van der Waals surface area contributed by atoms with Crippen molar-refractivity contribution in [3.8, 4) is 0 Å². The van der Waals surface area contributed by atoms with E-state index in [1.54, 1.807) is 36.4 Å². The Morgan fingerprint density at radius 3 is 1.65 bits per heavy atom. The SMILES string of the molecule is CC(C)(C)OC(=O)[N+](OP(=O)([O-])OCCc1ccccc1)(C(=O)c1ccccc1)C(=O)c1ccccc1. The zero-order valence-corrected chi connectivity index (χ0v) is 21.6. The van der Waals surface area contributed by atoms with E-state index in [0.29, 0.717) is 0 Å². The van der Waals surface area contributed by atoms with Crippen molar-refractivity contribution in [3.05, 3.63) is 108 Å². The first-order chi connectivity index (χ1) is 17.4. The van der Waals surface area contributed by atoms with E-state index >= 15 is 0 Å². The average Bonchev–Trinajstić information content (AvgIpc) is 2.87. The molecule has 194 valence electrons. The molecule has 10 heteroatoms. The van der Waals surface area contributed by atoms with Crippen molar-refractivity contribution in [3.63, 3.8) is 0 Å². The second-order valence-corrected chi connectivity index (χ2v) is 10.3. The zero-order chi connectivity index (χ0) is 27.1. The lowest BCUT2D eigenvalue weighted by Gasteiger charge is -2.33. The number of phosphoric acid groups is 1. The van der Waals surface area contributed by atoms with Gasteiger partial charge in [-0.15, -0.1) is 4.62 Å². The second-order valence-electron chi connectivity index (χ2n) is 9.03. The van der Waals surface area contributed by atoms with Crippen molar-refractivity contribution < 1.29 is 42.4 Å². The van der Waals surface area contributed by atoms with Crippen LogP contribution in [0.5, 0.6) is 0 Å². The number of carbonyl (C=O) groups is 3. The highest BCUT2D eigenvalue weighted by atomic mass is 31.2. The number of hydroxylamine groups is 3. The zero-order valence-electron chi connectivity index (χ0n) is 20.7. The molecule has 0 aliphatic rings. The minimum absolute atomic E-state index is 0.151. The van der Waals surface area contributed by atoms with Gasteiger partial charge in [-0.25, -0.2) is 9.59 Å². The molecule has 1 unspecified atom stereocenters. The number of hydrogen-bond acceptors (Lipinski definition) is 8. The van der Waals surface area contributed by atoms with Crippen LogP contribution in [0.15, 0.2) is 91.0 Å². The van der Waals surface area contributed by atoms with E-state index in [-0.39, 0.29) is 24.2 Å². The van der Waals surface area contributed by atoms with Crippen molar-refractivity contribution in [1.29, 1.82) is 0 Å². The van der Waals surface area contributed by atoms with Gasteiger partial charge in [0.1, 0.15) is 5.60 Å². The number of amides is 3. The number of ether oxygens (including phenoxy) is 1. The van der Waals surface area contributed by atoms with Gasteiger partial charge >= 0.3 is 25.7 Å². The number of benzene rings is 3. The van der Waals surface area contributed by atoms with Gasteiger partial charge in [0.05, 0.1) is 22.4 Å². The van der Waals surface area contributed by atoms with Crippen LogP contribution in [0.3, 0.4) is 0 Å². The molecule has 1 atom stereocenters. The minimum atomic E-state index is -5.44. The van der Waals surface area contributed by atoms with E-state index in [2.05, 4.69) is 0 Å². The molecule has 0 saturated heterocycles. The summed E-state index contributed by atoms with van der Waals surface area (Å²) in [6, 6.07) is 23.5. The summed E-state index contributed by atoms with van der Waals surface area (Å²) in [6.45, 7) is 4.17. The molecule has 0 N–H and O–H groups in total. The monoisotopic (exact) mass is 525 g/mol. The Morgan fingerprint density at radius 1 is 0.784 bits per heavy atom. The first-order valence-corrected chi connectivity index (χ1v) is 12.9. The van der Waals surface area contributed by atoms with Crippen molar-refractivity contribution in [2.45, 2.75) is 32.8 Å². The van der Waals surface area contributed by atoms with Gasteiger partial charge in [0.2, 0.25) is 0 Å². The molecule has 0 fully saturated rings. The Labute approximate surface area is 215 Å². The van der Waals surface area contributed by atoms with Crippen LogP contribution in [-0.4, -0.2) is 34.8 Å². The van der Waals surface area contributed by atoms with Crippen LogP contribution in [0.4, 0.5) is 4.79 Å². The highest BCUT2D eigenvalue weighted by molar-refractivity contribution is 7.45. The summed E-state index contributed by atoms with van der Waals surface area (Å²) in [4.78, 5) is 54.2. The largest absolute Gasteiger partial charge is 0.752 e. The maximum Gasteiger partial charge on any atom is 0.567 e. The third-order valence-corrected chi connectivity index (χ3v) is 5.91. The Bertz CT molecular complexity index is 1220. The number of rotatable bonds is 8. The lowest BCUT2D eigenvalue weighted by Crippen LogP contribution is -2.61. The minimum Gasteiger partial charge on any atom is -0.752 e. The lowest BCUT2D eigenvalue weighted by atomic mass is 10.1. The summed E-state index contributed by atoms with van der Waals surface area (Å²) in [7, 11) is -5.44. The predicted octanol–water partition coefficient (Wildman–Crippen LogP) is 5.08. The topological polar surface area (TPSA) is 119 Å². The lowest BCUT2D eigenvalue weighted by molar-refractivity contribution is -0.885. The number of carbonyl (C=O) groups excluding carboxylic acids is 3. The van der Waals surface area contributed by atoms with Crippen LogP contribution in [-0.2, 0) is 24.9 Å². The van der Waals surface area contributed by atoms with E-state index in [9.17, 15) is 23.8 Å². The number of hydrogen-bond donors (Lipinski definition) is 0. The number of phosphoric ester groups is 1. The fourth-order valence-corrected chi connectivity index (χ4v) is 4.19. The Hall–Kier alpha value is -3.46. The van der Waals surface area contributed by atoms with Crippen LogP contribution < -0.4 is 4.89 Å². The number of nitrogens with zero attached hydrogens (tertiary/aromatic N) is 1. The van der Waals surface area contributed by atoms with Crippen molar-refractivity contribution >= 4 is 25.7 Å². The van der Waals surface area contributed by atoms with Gasteiger partial charge in [-0.3, -0.25) is 4.57 Å². The molecule has 0 bridgehead atoms. The Kier molecular flexibility index (Phi) is 8.91. The molecule has 37 heavy (non-hydrogen) atoms. The Balaban J connectivity index is 2.07. The first kappa shape index (κ1) is 28.1. The molecule has 0 spiro atoms. The molecule has 3 aromatic rings. The maximum atomic E-state index is 13.8. The van der Waals surface area contributed by atoms with Gasteiger partial charge in [0, 0.05) is 0 Å². The van der Waals surface area contributed by atoms with Crippen molar-refractivity contribution in [1.82, 2.24) is 0 Å². The summed E-state index contributed by atoms with van der Waals surface area (Å²) in [6.07, 6.45) is -1.33. The van der Waals surface area contributed by atoms with E-state index < -0.39 is 36.0 Å². The summed E-state index contributed by atoms with van der Waals surface area (Å²) >= 11 is 0. The summed E-state index contributed by atoms with van der Waals surface area (Å²) in [5.74, 6) is -2.52. The van der Waals surface area contributed by atoms with E-state index in [1.165, 1.54) is 69.3 Å². The fraction of sp³-hybridized carbons (Fsp3) is 0.222. The molecular formula is C27H28NO8P. The number of quaternary nitrogens is 1. The fourth-order valence-electron chi connectivity index (χ4n) is 3.31. The van der Waals surface area contributed by atoms with Gasteiger partial charge < -0.3 is 14.2 Å². The van der Waals surface area contributed by atoms with E-state index in [4.69, 9.17) is 13.9 Å². The molecule has 3 rings (SSSR count). The van der Waals surface area contributed by atoms with Crippen LogP contribution in [0.1, 0.15) is 47.1 Å². The van der Waals surface area contributed by atoms with Crippen LogP contribution >= 0.6 is 7.82 Å². The molecule has 0 radical (unpaired) electrons. The predicted molar refractivity (Wildman–Crippen MR) is 133 cm³/mol. The molecule has 0 aliphatic carbocycles. The summed E-state index contributed by atoms with van der Waals surface area (Å²) in [5, 5.41) is 0.